The van der Waals surface area contributed by atoms with E-state index in [1.54, 1.807) is 20.8 Å². The van der Waals surface area contributed by atoms with E-state index in [4.69, 9.17) is 13.6 Å². The lowest BCUT2D eigenvalue weighted by molar-refractivity contribution is 0.219. The molecule has 6 nitrogen and oxygen atoms in total. The summed E-state index contributed by atoms with van der Waals surface area (Å²) in [6, 6.07) is 0. The highest BCUT2D eigenvalue weighted by atomic mass is 32.2. The summed E-state index contributed by atoms with van der Waals surface area (Å²) in [7, 11) is -7.17. The number of hydrogen-bond donors (Lipinski definition) is 1. The molecule has 0 aliphatic heterocycles. The van der Waals surface area contributed by atoms with Gasteiger partial charge < -0.3 is 9.05 Å². The molecule has 0 bridgehead atoms. The lowest BCUT2D eigenvalue weighted by atomic mass is 10.1. The van der Waals surface area contributed by atoms with Crippen molar-refractivity contribution in [1.82, 2.24) is 0 Å². The molecule has 1 unspecified atom stereocenters. The minimum atomic E-state index is -4.07. The lowest BCUT2D eigenvalue weighted by Gasteiger charge is -2.17. The van der Waals surface area contributed by atoms with Crippen LogP contribution in [0.15, 0.2) is 0 Å². The topological polar surface area (TPSA) is 89.9 Å². The second-order valence-corrected chi connectivity index (χ2v) is 7.83. The summed E-state index contributed by atoms with van der Waals surface area (Å²) in [5, 5.41) is 0. The molecule has 0 rings (SSSR count). The van der Waals surface area contributed by atoms with E-state index in [0.29, 0.717) is 26.1 Å². The molecule has 0 saturated heterocycles. The molecule has 8 heteroatoms. The largest absolute Gasteiger partial charge is 0.330 e. The van der Waals surface area contributed by atoms with E-state index < -0.39 is 29.4 Å². The van der Waals surface area contributed by atoms with Gasteiger partial charge in [0, 0.05) is 5.92 Å². The van der Waals surface area contributed by atoms with Crippen LogP contribution in [-0.2, 0) is 23.7 Å². The Labute approximate surface area is 121 Å². The second kappa shape index (κ2) is 9.54. The molecule has 0 aliphatic carbocycles. The summed E-state index contributed by atoms with van der Waals surface area (Å²) in [6.07, 6.45) is 1.07. The van der Waals surface area contributed by atoms with Gasteiger partial charge in [0.15, 0.2) is 0 Å². The van der Waals surface area contributed by atoms with Crippen LogP contribution in [0.2, 0.25) is 0 Å². The monoisotopic (exact) mass is 326 g/mol. The Morgan fingerprint density at radius 3 is 2.20 bits per heavy atom. The summed E-state index contributed by atoms with van der Waals surface area (Å²) in [5.74, 6) is 4.46. The molecule has 0 heterocycles. The molecule has 1 atom stereocenters. The molecular formula is C12H23O6PS. The maximum Gasteiger partial charge on any atom is 0.330 e. The number of rotatable bonds is 10. The Morgan fingerprint density at radius 2 is 1.80 bits per heavy atom. The van der Waals surface area contributed by atoms with Crippen molar-refractivity contribution in [2.45, 2.75) is 33.6 Å². The Morgan fingerprint density at radius 1 is 1.25 bits per heavy atom. The second-order valence-electron chi connectivity index (χ2n) is 4.15. The molecule has 0 spiro atoms. The fraction of sp³-hybridized carbons (Fsp3) is 0.833. The SMILES string of the molecule is CC#CC(CCCP(=O)(OCC)OCC)CS(=O)(=O)O. The molecule has 0 aromatic heterocycles. The van der Waals surface area contributed by atoms with E-state index in [2.05, 4.69) is 11.8 Å². The molecule has 20 heavy (non-hydrogen) atoms. The Kier molecular flexibility index (Phi) is 9.36. The van der Waals surface area contributed by atoms with Crippen molar-refractivity contribution < 1.29 is 26.6 Å². The first-order chi connectivity index (χ1) is 9.26. The van der Waals surface area contributed by atoms with Gasteiger partial charge >= 0.3 is 7.60 Å². The standard InChI is InChI=1S/C12H23O6PS/c1-4-8-12(11-20(14,15)16)9-7-10-19(13,17-5-2)18-6-3/h12H,5-7,9-11H2,1-3H3,(H,14,15,16). The predicted octanol–water partition coefficient (Wildman–Crippen LogP) is 2.56. The van der Waals surface area contributed by atoms with Gasteiger partial charge in [0.2, 0.25) is 0 Å². The van der Waals surface area contributed by atoms with Crippen molar-refractivity contribution in [1.29, 1.82) is 0 Å². The van der Waals surface area contributed by atoms with Gasteiger partial charge in [0.1, 0.15) is 0 Å². The molecule has 0 radical (unpaired) electrons. The molecule has 0 aromatic rings. The summed E-state index contributed by atoms with van der Waals surface area (Å²) < 4.78 is 53.0. The van der Waals surface area contributed by atoms with Gasteiger partial charge in [0.05, 0.1) is 25.1 Å². The minimum Gasteiger partial charge on any atom is -0.309 e. The summed E-state index contributed by atoms with van der Waals surface area (Å²) in [6.45, 7) is 5.65. The first kappa shape index (κ1) is 19.6. The highest BCUT2D eigenvalue weighted by Crippen LogP contribution is 2.48. The van der Waals surface area contributed by atoms with Crippen LogP contribution in [0, 0.1) is 17.8 Å². The van der Waals surface area contributed by atoms with E-state index in [0.717, 1.165) is 0 Å². The van der Waals surface area contributed by atoms with Crippen LogP contribution >= 0.6 is 7.60 Å². The van der Waals surface area contributed by atoms with E-state index in [9.17, 15) is 13.0 Å². The summed E-state index contributed by atoms with van der Waals surface area (Å²) in [5.41, 5.74) is 0. The maximum atomic E-state index is 12.2. The van der Waals surface area contributed by atoms with Crippen LogP contribution in [-0.4, -0.2) is 38.1 Å². The van der Waals surface area contributed by atoms with Crippen LogP contribution in [0.3, 0.4) is 0 Å². The lowest BCUT2D eigenvalue weighted by Crippen LogP contribution is -2.14. The van der Waals surface area contributed by atoms with Crippen LogP contribution < -0.4 is 0 Å². The molecular weight excluding hydrogens is 303 g/mol. The van der Waals surface area contributed by atoms with Gasteiger partial charge in [-0.25, -0.2) is 0 Å². The molecule has 0 saturated carbocycles. The van der Waals surface area contributed by atoms with Crippen molar-refractivity contribution in [3.05, 3.63) is 0 Å². The number of hydrogen-bond acceptors (Lipinski definition) is 5. The van der Waals surface area contributed by atoms with E-state index in [1.165, 1.54) is 0 Å². The van der Waals surface area contributed by atoms with Crippen molar-refractivity contribution in [2.75, 3.05) is 25.1 Å². The summed E-state index contributed by atoms with van der Waals surface area (Å²) in [4.78, 5) is 0. The van der Waals surface area contributed by atoms with Crippen LogP contribution in [0.5, 0.6) is 0 Å². The zero-order chi connectivity index (χ0) is 15.6. The maximum absolute atomic E-state index is 12.2. The molecule has 0 aliphatic rings. The molecule has 118 valence electrons. The van der Waals surface area contributed by atoms with Gasteiger partial charge in [-0.1, -0.05) is 5.92 Å². The van der Waals surface area contributed by atoms with Crippen molar-refractivity contribution in [3.8, 4) is 11.8 Å². The van der Waals surface area contributed by atoms with Crippen LogP contribution in [0.25, 0.3) is 0 Å². The third kappa shape index (κ3) is 9.51. The van der Waals surface area contributed by atoms with Gasteiger partial charge in [0.25, 0.3) is 10.1 Å². The quantitative estimate of drug-likeness (QED) is 0.377. The normalized spacial score (nSPS) is 13.6. The zero-order valence-corrected chi connectivity index (χ0v) is 13.9. The Bertz CT molecular complexity index is 466. The predicted molar refractivity (Wildman–Crippen MR) is 78.3 cm³/mol. The molecule has 0 fully saturated rings. The third-order valence-corrected chi connectivity index (χ3v) is 5.39. The van der Waals surface area contributed by atoms with Crippen LogP contribution in [0.1, 0.15) is 33.6 Å². The van der Waals surface area contributed by atoms with Gasteiger partial charge in [-0.3, -0.25) is 9.12 Å². The van der Waals surface area contributed by atoms with Gasteiger partial charge in [-0.05, 0) is 33.6 Å². The molecule has 0 amide bonds. The van der Waals surface area contributed by atoms with Crippen molar-refractivity contribution in [2.24, 2.45) is 5.92 Å². The highest BCUT2D eigenvalue weighted by Gasteiger charge is 2.24. The average molecular weight is 326 g/mol. The summed E-state index contributed by atoms with van der Waals surface area (Å²) >= 11 is 0. The van der Waals surface area contributed by atoms with E-state index in [-0.39, 0.29) is 6.16 Å². The van der Waals surface area contributed by atoms with Gasteiger partial charge in [-0.15, -0.1) is 5.92 Å². The smallest absolute Gasteiger partial charge is 0.309 e. The van der Waals surface area contributed by atoms with Crippen molar-refractivity contribution >= 4 is 17.7 Å². The average Bonchev–Trinajstić information content (AvgIpc) is 2.27. The minimum absolute atomic E-state index is 0.210. The van der Waals surface area contributed by atoms with Gasteiger partial charge in [-0.2, -0.15) is 8.42 Å². The first-order valence-electron chi connectivity index (χ1n) is 6.52. The fourth-order valence-corrected chi connectivity index (χ4v) is 4.19. The third-order valence-electron chi connectivity index (χ3n) is 2.40. The highest BCUT2D eigenvalue weighted by molar-refractivity contribution is 7.85. The van der Waals surface area contributed by atoms with E-state index in [1.807, 2.05) is 0 Å². The molecule has 1 N–H and O–H groups in total. The Balaban J connectivity index is 4.47. The molecule has 0 aromatic carbocycles. The van der Waals surface area contributed by atoms with Crippen molar-refractivity contribution in [3.63, 3.8) is 0 Å². The Hall–Kier alpha value is -0.380. The first-order valence-corrected chi connectivity index (χ1v) is 9.85. The van der Waals surface area contributed by atoms with E-state index >= 15 is 0 Å². The van der Waals surface area contributed by atoms with Crippen LogP contribution in [0.4, 0.5) is 0 Å². The fourth-order valence-electron chi connectivity index (χ4n) is 1.75. The zero-order valence-electron chi connectivity index (χ0n) is 12.2.